The topological polar surface area (TPSA) is 138 Å². The number of nitrogens with zero attached hydrogens (tertiary/aromatic N) is 6. The first-order chi connectivity index (χ1) is 18.5. The molecular formula is C27H22FN9O. The molecule has 6 aromatic heterocycles. The maximum absolute atomic E-state index is 16.0. The number of carbonyl (C=O) groups excluding carboxylic acids is 1. The van der Waals surface area contributed by atoms with E-state index in [-0.39, 0.29) is 22.9 Å². The third-order valence-corrected chi connectivity index (χ3v) is 5.99. The van der Waals surface area contributed by atoms with Crippen LogP contribution in [0.1, 0.15) is 20.3 Å². The Hall–Kier alpha value is -5.06. The van der Waals surface area contributed by atoms with Crippen molar-refractivity contribution in [2.24, 2.45) is 5.92 Å². The zero-order chi connectivity index (χ0) is 26.2. The van der Waals surface area contributed by atoms with E-state index >= 15 is 4.39 Å². The zero-order valence-corrected chi connectivity index (χ0v) is 20.5. The second-order valence-corrected chi connectivity index (χ2v) is 9.27. The summed E-state index contributed by atoms with van der Waals surface area (Å²) in [6.45, 7) is 3.92. The molecule has 0 aliphatic carbocycles. The first-order valence-corrected chi connectivity index (χ1v) is 12.0. The van der Waals surface area contributed by atoms with Crippen LogP contribution in [-0.2, 0) is 4.79 Å². The largest absolute Gasteiger partial charge is 0.335 e. The Morgan fingerprint density at radius 1 is 1.03 bits per heavy atom. The van der Waals surface area contributed by atoms with Crippen LogP contribution in [0.5, 0.6) is 0 Å². The third-order valence-electron chi connectivity index (χ3n) is 5.99. The SMILES string of the molecule is CC(C)CC(=O)Nc1cncc(-c2ncc3[nH]nc(-c4nc5c(-c6ccccn6)cncc5[nH]4)c3c2F)c1. The Kier molecular flexibility index (Phi) is 5.79. The first kappa shape index (κ1) is 23.3. The molecular weight excluding hydrogens is 485 g/mol. The predicted molar refractivity (Wildman–Crippen MR) is 141 cm³/mol. The molecule has 0 atom stereocenters. The number of carbonyl (C=O) groups is 1. The number of halogens is 1. The summed E-state index contributed by atoms with van der Waals surface area (Å²) in [5.41, 5.74) is 4.48. The van der Waals surface area contributed by atoms with Crippen molar-refractivity contribution < 1.29 is 9.18 Å². The minimum atomic E-state index is -0.581. The van der Waals surface area contributed by atoms with Gasteiger partial charge in [-0.25, -0.2) is 9.37 Å². The van der Waals surface area contributed by atoms with Gasteiger partial charge in [0.2, 0.25) is 5.91 Å². The highest BCUT2D eigenvalue weighted by atomic mass is 19.1. The molecule has 1 amide bonds. The number of pyridine rings is 4. The van der Waals surface area contributed by atoms with Crippen LogP contribution in [0.3, 0.4) is 0 Å². The van der Waals surface area contributed by atoms with Crippen molar-refractivity contribution >= 4 is 33.5 Å². The minimum absolute atomic E-state index is 0.0829. The Balaban J connectivity index is 1.42. The first-order valence-electron chi connectivity index (χ1n) is 12.0. The molecule has 0 bridgehead atoms. The summed E-state index contributed by atoms with van der Waals surface area (Å²) in [6.07, 6.45) is 9.95. The zero-order valence-electron chi connectivity index (χ0n) is 20.5. The Morgan fingerprint density at radius 3 is 2.71 bits per heavy atom. The van der Waals surface area contributed by atoms with Crippen molar-refractivity contribution in [1.82, 2.24) is 40.1 Å². The smallest absolute Gasteiger partial charge is 0.224 e. The van der Waals surface area contributed by atoms with Gasteiger partial charge in [0.15, 0.2) is 11.6 Å². The summed E-state index contributed by atoms with van der Waals surface area (Å²) in [6, 6.07) is 7.25. The minimum Gasteiger partial charge on any atom is -0.335 e. The number of hydrogen-bond donors (Lipinski definition) is 3. The van der Waals surface area contributed by atoms with Gasteiger partial charge in [-0.3, -0.25) is 29.8 Å². The number of fused-ring (bicyclic) bond motifs is 2. The van der Waals surface area contributed by atoms with Crippen molar-refractivity contribution in [3.63, 3.8) is 0 Å². The lowest BCUT2D eigenvalue weighted by Crippen LogP contribution is -2.14. The van der Waals surface area contributed by atoms with Gasteiger partial charge in [-0.05, 0) is 24.1 Å². The number of hydrogen-bond acceptors (Lipinski definition) is 7. The highest BCUT2D eigenvalue weighted by Gasteiger charge is 2.21. The monoisotopic (exact) mass is 507 g/mol. The van der Waals surface area contributed by atoms with Gasteiger partial charge in [0, 0.05) is 36.1 Å². The number of imidazole rings is 1. The average Bonchev–Trinajstić information content (AvgIpc) is 3.54. The molecule has 10 nitrogen and oxygen atoms in total. The summed E-state index contributed by atoms with van der Waals surface area (Å²) >= 11 is 0. The van der Waals surface area contributed by atoms with Crippen LogP contribution in [0, 0.1) is 11.7 Å². The van der Waals surface area contributed by atoms with Crippen LogP contribution >= 0.6 is 0 Å². The van der Waals surface area contributed by atoms with E-state index in [1.807, 2.05) is 32.0 Å². The maximum Gasteiger partial charge on any atom is 0.224 e. The van der Waals surface area contributed by atoms with E-state index in [0.717, 1.165) is 11.3 Å². The number of H-pyrrole nitrogens is 2. The van der Waals surface area contributed by atoms with Crippen LogP contribution in [0.4, 0.5) is 10.1 Å². The molecule has 0 unspecified atom stereocenters. The summed E-state index contributed by atoms with van der Waals surface area (Å²) in [5, 5.41) is 10.2. The van der Waals surface area contributed by atoms with Gasteiger partial charge in [-0.15, -0.1) is 0 Å². The second-order valence-electron chi connectivity index (χ2n) is 9.27. The molecule has 0 aromatic carbocycles. The van der Waals surface area contributed by atoms with Crippen LogP contribution in [-0.4, -0.2) is 46.0 Å². The highest BCUT2D eigenvalue weighted by molar-refractivity contribution is 5.97. The van der Waals surface area contributed by atoms with E-state index in [1.54, 1.807) is 24.7 Å². The molecule has 38 heavy (non-hydrogen) atoms. The number of aromatic nitrogens is 8. The van der Waals surface area contributed by atoms with Crippen molar-refractivity contribution in [2.45, 2.75) is 20.3 Å². The van der Waals surface area contributed by atoms with Crippen molar-refractivity contribution in [3.05, 3.63) is 67.3 Å². The van der Waals surface area contributed by atoms with Gasteiger partial charge in [0.25, 0.3) is 0 Å². The molecule has 6 aromatic rings. The van der Waals surface area contributed by atoms with Gasteiger partial charge in [-0.1, -0.05) is 19.9 Å². The lowest BCUT2D eigenvalue weighted by Gasteiger charge is -2.09. The predicted octanol–water partition coefficient (Wildman–Crippen LogP) is 5.14. The fourth-order valence-electron chi connectivity index (χ4n) is 4.32. The van der Waals surface area contributed by atoms with E-state index in [9.17, 15) is 4.79 Å². The van der Waals surface area contributed by atoms with Crippen LogP contribution in [0.25, 0.3) is 56.0 Å². The van der Waals surface area contributed by atoms with E-state index < -0.39 is 5.82 Å². The molecule has 6 heterocycles. The molecule has 0 radical (unpaired) electrons. The highest BCUT2D eigenvalue weighted by Crippen LogP contribution is 2.34. The number of amides is 1. The summed E-state index contributed by atoms with van der Waals surface area (Å²) in [5.74, 6) is -0.131. The van der Waals surface area contributed by atoms with Crippen molar-refractivity contribution in [3.8, 4) is 34.0 Å². The summed E-state index contributed by atoms with van der Waals surface area (Å²) < 4.78 is 16.0. The van der Waals surface area contributed by atoms with Gasteiger partial charge < -0.3 is 10.3 Å². The number of rotatable bonds is 6. The van der Waals surface area contributed by atoms with Gasteiger partial charge >= 0.3 is 0 Å². The Bertz CT molecular complexity index is 1790. The normalized spacial score (nSPS) is 11.5. The maximum atomic E-state index is 16.0. The second kappa shape index (κ2) is 9.43. The van der Waals surface area contributed by atoms with Gasteiger partial charge in [-0.2, -0.15) is 5.10 Å². The Labute approximate surface area is 215 Å². The van der Waals surface area contributed by atoms with Gasteiger partial charge in [0.1, 0.15) is 16.9 Å². The Morgan fingerprint density at radius 2 is 1.89 bits per heavy atom. The standard InChI is InChI=1S/C27H22FN9O/c1-14(2)7-21(38)33-16-8-15(9-29-10-16)24-23(28)22-19(13-32-24)36-37-26(22)27-34-20-12-30-11-17(25(20)35-27)18-5-3-4-6-31-18/h3-6,8-14H,7H2,1-2H3,(H,33,38)(H,34,35)(H,36,37). The molecule has 6 rings (SSSR count). The van der Waals surface area contributed by atoms with Crippen LogP contribution in [0.2, 0.25) is 0 Å². The fourth-order valence-corrected chi connectivity index (χ4v) is 4.32. The lowest BCUT2D eigenvalue weighted by atomic mass is 10.1. The number of nitrogens with one attached hydrogen (secondary N) is 3. The van der Waals surface area contributed by atoms with Gasteiger partial charge in [0.05, 0.1) is 46.4 Å². The molecule has 11 heteroatoms. The van der Waals surface area contributed by atoms with Crippen molar-refractivity contribution in [2.75, 3.05) is 5.32 Å². The molecule has 0 aliphatic rings. The molecule has 0 spiro atoms. The lowest BCUT2D eigenvalue weighted by molar-refractivity contribution is -0.116. The molecule has 0 saturated carbocycles. The van der Waals surface area contributed by atoms with E-state index in [2.05, 4.69) is 40.4 Å². The summed E-state index contributed by atoms with van der Waals surface area (Å²) in [7, 11) is 0. The summed E-state index contributed by atoms with van der Waals surface area (Å²) in [4.78, 5) is 37.3. The quantitative estimate of drug-likeness (QED) is 0.284. The molecule has 0 aliphatic heterocycles. The van der Waals surface area contributed by atoms with E-state index in [4.69, 9.17) is 4.98 Å². The number of aromatic amines is 2. The molecule has 188 valence electrons. The van der Waals surface area contributed by atoms with E-state index in [0.29, 0.717) is 45.7 Å². The molecule has 0 saturated heterocycles. The molecule has 3 N–H and O–H groups in total. The third kappa shape index (κ3) is 4.23. The number of anilines is 1. The van der Waals surface area contributed by atoms with E-state index in [1.165, 1.54) is 18.6 Å². The molecule has 0 fully saturated rings. The fraction of sp³-hybridized carbons (Fsp3) is 0.148. The average molecular weight is 508 g/mol. The van der Waals surface area contributed by atoms with Crippen LogP contribution < -0.4 is 5.32 Å². The van der Waals surface area contributed by atoms with Crippen LogP contribution in [0.15, 0.2) is 61.4 Å². The van der Waals surface area contributed by atoms with Crippen molar-refractivity contribution in [1.29, 1.82) is 0 Å².